The maximum Gasteiger partial charge on any atom is 0.245 e. The Morgan fingerprint density at radius 2 is 2.07 bits per heavy atom. The van der Waals surface area contributed by atoms with Gasteiger partial charge in [-0.2, -0.15) is 5.10 Å². The van der Waals surface area contributed by atoms with E-state index in [2.05, 4.69) is 49.4 Å². The van der Waals surface area contributed by atoms with Crippen molar-refractivity contribution in [3.63, 3.8) is 0 Å². The first-order valence-corrected chi connectivity index (χ1v) is 9.17. The Hall–Kier alpha value is -3.00. The molecule has 2 unspecified atom stereocenters. The van der Waals surface area contributed by atoms with Crippen molar-refractivity contribution in [1.82, 2.24) is 30.7 Å². The van der Waals surface area contributed by atoms with Crippen molar-refractivity contribution in [3.05, 3.63) is 36.8 Å². The number of phenols is 1. The van der Waals surface area contributed by atoms with E-state index in [1.165, 1.54) is 0 Å². The highest BCUT2D eigenvalue weighted by Gasteiger charge is 2.24. The van der Waals surface area contributed by atoms with Crippen LogP contribution in [0.15, 0.2) is 36.8 Å². The third-order valence-corrected chi connectivity index (χ3v) is 4.89. The summed E-state index contributed by atoms with van der Waals surface area (Å²) in [6.07, 6.45) is 6.22. The molecule has 0 radical (unpaired) electrons. The Morgan fingerprint density at radius 3 is 2.74 bits per heavy atom. The molecule has 0 bridgehead atoms. The normalized spacial score (nSPS) is 20.0. The summed E-state index contributed by atoms with van der Waals surface area (Å²) in [5.41, 5.74) is 2.94. The standard InChI is InChI=1S/C19H23N7O/c1-3-15-11-26(10-12(2)23-15)19-20-9-17(24-25-19)16-5-4-13(6-18(16)27)14-7-21-22-8-14/h4-9,12,15,23,27H,3,10-11H2,1-2H3,(H,21,22). The number of hydrogen-bond acceptors (Lipinski definition) is 7. The Labute approximate surface area is 157 Å². The van der Waals surface area contributed by atoms with Gasteiger partial charge in [0.15, 0.2) is 0 Å². The van der Waals surface area contributed by atoms with E-state index in [0.717, 1.165) is 30.6 Å². The molecule has 0 spiro atoms. The van der Waals surface area contributed by atoms with Gasteiger partial charge in [-0.15, -0.1) is 10.2 Å². The molecule has 1 saturated heterocycles. The highest BCUT2D eigenvalue weighted by molar-refractivity contribution is 5.73. The first kappa shape index (κ1) is 17.4. The molecule has 0 saturated carbocycles. The molecule has 3 aromatic rings. The number of anilines is 1. The van der Waals surface area contributed by atoms with Crippen LogP contribution in [0.4, 0.5) is 5.95 Å². The van der Waals surface area contributed by atoms with Crippen LogP contribution in [-0.2, 0) is 0 Å². The molecule has 1 aliphatic heterocycles. The van der Waals surface area contributed by atoms with Gasteiger partial charge in [-0.1, -0.05) is 13.0 Å². The Balaban J connectivity index is 1.55. The lowest BCUT2D eigenvalue weighted by molar-refractivity contribution is 0.376. The van der Waals surface area contributed by atoms with Crippen molar-refractivity contribution < 1.29 is 5.11 Å². The molecule has 2 atom stereocenters. The van der Waals surface area contributed by atoms with Crippen LogP contribution in [0.1, 0.15) is 20.3 Å². The van der Waals surface area contributed by atoms with E-state index in [-0.39, 0.29) is 5.75 Å². The van der Waals surface area contributed by atoms with Gasteiger partial charge in [0, 0.05) is 42.5 Å². The molecule has 8 heteroatoms. The molecular weight excluding hydrogens is 342 g/mol. The quantitative estimate of drug-likeness (QED) is 0.651. The van der Waals surface area contributed by atoms with Gasteiger partial charge in [0.1, 0.15) is 11.4 Å². The molecule has 27 heavy (non-hydrogen) atoms. The van der Waals surface area contributed by atoms with E-state index in [0.29, 0.717) is 29.3 Å². The average Bonchev–Trinajstić information content (AvgIpc) is 3.22. The van der Waals surface area contributed by atoms with Crippen LogP contribution in [0, 0.1) is 0 Å². The van der Waals surface area contributed by atoms with Gasteiger partial charge in [-0.25, -0.2) is 4.98 Å². The van der Waals surface area contributed by atoms with E-state index >= 15 is 0 Å². The van der Waals surface area contributed by atoms with Gasteiger partial charge >= 0.3 is 0 Å². The fourth-order valence-corrected chi connectivity index (χ4v) is 3.46. The molecule has 1 aromatic carbocycles. The largest absolute Gasteiger partial charge is 0.507 e. The van der Waals surface area contributed by atoms with Crippen LogP contribution in [0.5, 0.6) is 5.75 Å². The van der Waals surface area contributed by atoms with Crippen molar-refractivity contribution in [2.75, 3.05) is 18.0 Å². The van der Waals surface area contributed by atoms with Crippen molar-refractivity contribution in [3.8, 4) is 28.1 Å². The number of benzene rings is 1. The van der Waals surface area contributed by atoms with Crippen LogP contribution in [0.3, 0.4) is 0 Å². The van der Waals surface area contributed by atoms with Gasteiger partial charge in [0.25, 0.3) is 0 Å². The lowest BCUT2D eigenvalue weighted by Crippen LogP contribution is -2.55. The summed E-state index contributed by atoms with van der Waals surface area (Å²) in [6, 6.07) is 6.24. The van der Waals surface area contributed by atoms with Crippen molar-refractivity contribution in [1.29, 1.82) is 0 Å². The van der Waals surface area contributed by atoms with Crippen molar-refractivity contribution in [2.24, 2.45) is 0 Å². The zero-order chi connectivity index (χ0) is 18.8. The second kappa shape index (κ2) is 7.32. The average molecular weight is 365 g/mol. The van der Waals surface area contributed by atoms with Crippen LogP contribution in [0.25, 0.3) is 22.4 Å². The van der Waals surface area contributed by atoms with E-state index in [4.69, 9.17) is 0 Å². The second-order valence-electron chi connectivity index (χ2n) is 6.94. The molecule has 140 valence electrons. The maximum absolute atomic E-state index is 10.4. The highest BCUT2D eigenvalue weighted by Crippen LogP contribution is 2.31. The summed E-state index contributed by atoms with van der Waals surface area (Å²) in [4.78, 5) is 6.65. The molecule has 4 rings (SSSR count). The third-order valence-electron chi connectivity index (χ3n) is 4.89. The van der Waals surface area contributed by atoms with Gasteiger partial charge < -0.3 is 15.3 Å². The van der Waals surface area contributed by atoms with E-state index < -0.39 is 0 Å². The number of rotatable bonds is 4. The predicted molar refractivity (Wildman–Crippen MR) is 103 cm³/mol. The Bertz CT molecular complexity index is 895. The molecule has 8 nitrogen and oxygen atoms in total. The molecule has 0 amide bonds. The molecule has 2 aromatic heterocycles. The topological polar surface area (TPSA) is 103 Å². The van der Waals surface area contributed by atoms with E-state index in [1.807, 2.05) is 12.1 Å². The van der Waals surface area contributed by atoms with Crippen LogP contribution < -0.4 is 10.2 Å². The monoisotopic (exact) mass is 365 g/mol. The van der Waals surface area contributed by atoms with Gasteiger partial charge in [0.05, 0.1) is 12.4 Å². The summed E-state index contributed by atoms with van der Waals surface area (Å²) in [5, 5.41) is 29.3. The van der Waals surface area contributed by atoms with Gasteiger partial charge in [0.2, 0.25) is 5.95 Å². The molecule has 1 fully saturated rings. The number of hydrogen-bond donors (Lipinski definition) is 3. The van der Waals surface area contributed by atoms with Gasteiger partial charge in [-0.05, 0) is 31.0 Å². The summed E-state index contributed by atoms with van der Waals surface area (Å²) in [6.45, 7) is 6.05. The molecule has 3 N–H and O–H groups in total. The first-order valence-electron chi connectivity index (χ1n) is 9.17. The number of aromatic nitrogens is 5. The Morgan fingerprint density at radius 1 is 1.19 bits per heavy atom. The van der Waals surface area contributed by atoms with Crippen molar-refractivity contribution in [2.45, 2.75) is 32.4 Å². The number of aromatic hydroxyl groups is 1. The van der Waals surface area contributed by atoms with Crippen molar-refractivity contribution >= 4 is 5.95 Å². The number of H-pyrrole nitrogens is 1. The number of phenolic OH excluding ortho intramolecular Hbond substituents is 1. The molecule has 3 heterocycles. The fraction of sp³-hybridized carbons (Fsp3) is 0.368. The number of nitrogens with zero attached hydrogens (tertiary/aromatic N) is 5. The SMILES string of the molecule is CCC1CN(c2ncc(-c3ccc(-c4cn[nH]c4)cc3O)nn2)CC(C)N1. The van der Waals surface area contributed by atoms with Crippen LogP contribution >= 0.6 is 0 Å². The minimum atomic E-state index is 0.138. The third kappa shape index (κ3) is 3.61. The minimum Gasteiger partial charge on any atom is -0.507 e. The molecule has 0 aliphatic carbocycles. The second-order valence-corrected chi connectivity index (χ2v) is 6.94. The van der Waals surface area contributed by atoms with E-state index in [9.17, 15) is 5.11 Å². The molecular formula is C19H23N7O. The number of aromatic amines is 1. The number of nitrogens with one attached hydrogen (secondary N) is 2. The number of piperazine rings is 1. The summed E-state index contributed by atoms with van der Waals surface area (Å²) >= 11 is 0. The predicted octanol–water partition coefficient (Wildman–Crippen LogP) is 2.21. The zero-order valence-corrected chi connectivity index (χ0v) is 15.4. The first-order chi connectivity index (χ1) is 13.1. The molecule has 1 aliphatic rings. The zero-order valence-electron chi connectivity index (χ0n) is 15.4. The van der Waals surface area contributed by atoms with Gasteiger partial charge in [-0.3, -0.25) is 5.10 Å². The lowest BCUT2D eigenvalue weighted by Gasteiger charge is -2.37. The highest BCUT2D eigenvalue weighted by atomic mass is 16.3. The smallest absolute Gasteiger partial charge is 0.245 e. The Kier molecular flexibility index (Phi) is 4.72. The summed E-state index contributed by atoms with van der Waals surface area (Å²) in [7, 11) is 0. The van der Waals surface area contributed by atoms with Crippen LogP contribution in [0.2, 0.25) is 0 Å². The van der Waals surface area contributed by atoms with Crippen LogP contribution in [-0.4, -0.2) is 55.7 Å². The minimum absolute atomic E-state index is 0.138. The van der Waals surface area contributed by atoms with E-state index in [1.54, 1.807) is 24.7 Å². The maximum atomic E-state index is 10.4. The lowest BCUT2D eigenvalue weighted by atomic mass is 10.0. The fourth-order valence-electron chi connectivity index (χ4n) is 3.46. The summed E-state index contributed by atoms with van der Waals surface area (Å²) in [5.74, 6) is 0.763. The summed E-state index contributed by atoms with van der Waals surface area (Å²) < 4.78 is 0.